The number of morpholine rings is 1. The quantitative estimate of drug-likeness (QED) is 0.510. The summed E-state index contributed by atoms with van der Waals surface area (Å²) in [5.74, 6) is 0.962. The molecule has 1 fully saturated rings. The van der Waals surface area contributed by atoms with E-state index < -0.39 is 0 Å². The van der Waals surface area contributed by atoms with Crippen LogP contribution in [0.5, 0.6) is 0 Å². The number of amides is 1. The van der Waals surface area contributed by atoms with Gasteiger partial charge in [0, 0.05) is 38.9 Å². The summed E-state index contributed by atoms with van der Waals surface area (Å²) < 4.78 is 10.8. The van der Waals surface area contributed by atoms with Crippen LogP contribution < -0.4 is 11.0 Å². The molecule has 4 rings (SSSR count). The molecule has 0 bridgehead atoms. The summed E-state index contributed by atoms with van der Waals surface area (Å²) in [6, 6.07) is 5.58. The fraction of sp³-hybridized carbons (Fsp3) is 0.524. The highest BCUT2D eigenvalue weighted by Crippen LogP contribution is 2.21. The van der Waals surface area contributed by atoms with Crippen LogP contribution in [-0.2, 0) is 36.2 Å². The van der Waals surface area contributed by atoms with Crippen molar-refractivity contribution in [3.63, 3.8) is 0 Å². The summed E-state index contributed by atoms with van der Waals surface area (Å²) in [5, 5.41) is 12.2. The standard InChI is InChI=1S/C21H29N7O3S/c1-4-27-16-7-6-15(12-17(16)28(5-2)21(27)30)22-19(29)14-32-20-24-23-18(25(20)3)13-26-8-10-31-11-9-26/h6-7,12H,4-5,8-11,13-14H2,1-3H3,(H,22,29). The van der Waals surface area contributed by atoms with Crippen molar-refractivity contribution < 1.29 is 9.53 Å². The summed E-state index contributed by atoms with van der Waals surface area (Å²) >= 11 is 1.35. The molecule has 0 unspecified atom stereocenters. The molecule has 0 radical (unpaired) electrons. The molecule has 10 nitrogen and oxygen atoms in total. The summed E-state index contributed by atoms with van der Waals surface area (Å²) in [4.78, 5) is 27.4. The van der Waals surface area contributed by atoms with Crippen LogP contribution in [0.25, 0.3) is 11.0 Å². The zero-order valence-corrected chi connectivity index (χ0v) is 19.5. The molecule has 3 heterocycles. The number of aryl methyl sites for hydroxylation is 2. The smallest absolute Gasteiger partial charge is 0.329 e. The molecule has 1 N–H and O–H groups in total. The van der Waals surface area contributed by atoms with Gasteiger partial charge in [0.05, 0.1) is 36.5 Å². The van der Waals surface area contributed by atoms with Gasteiger partial charge in [0.2, 0.25) is 5.91 Å². The lowest BCUT2D eigenvalue weighted by Gasteiger charge is -2.25. The third-order valence-electron chi connectivity index (χ3n) is 5.66. The molecule has 1 saturated heterocycles. The number of benzene rings is 1. The van der Waals surface area contributed by atoms with Crippen molar-refractivity contribution in [3.8, 4) is 0 Å². The Hall–Kier alpha value is -2.63. The lowest BCUT2D eigenvalue weighted by Crippen LogP contribution is -2.36. The zero-order chi connectivity index (χ0) is 22.7. The third-order valence-corrected chi connectivity index (χ3v) is 6.68. The molecule has 2 aromatic heterocycles. The Morgan fingerprint density at radius 1 is 1.12 bits per heavy atom. The first-order valence-corrected chi connectivity index (χ1v) is 11.8. The Bertz CT molecular complexity index is 1160. The number of imidazole rings is 1. The molecular weight excluding hydrogens is 430 g/mol. The van der Waals surface area contributed by atoms with Crippen LogP contribution in [0.15, 0.2) is 28.2 Å². The van der Waals surface area contributed by atoms with E-state index in [0.29, 0.717) is 23.9 Å². The second kappa shape index (κ2) is 9.88. The second-order valence-corrected chi connectivity index (χ2v) is 8.60. The Morgan fingerprint density at radius 3 is 2.56 bits per heavy atom. The van der Waals surface area contributed by atoms with E-state index in [1.165, 1.54) is 11.8 Å². The van der Waals surface area contributed by atoms with Gasteiger partial charge in [-0.15, -0.1) is 10.2 Å². The number of nitrogens with one attached hydrogen (secondary N) is 1. The van der Waals surface area contributed by atoms with Gasteiger partial charge < -0.3 is 14.6 Å². The summed E-state index contributed by atoms with van der Waals surface area (Å²) in [6.45, 7) is 9.04. The Morgan fingerprint density at radius 2 is 1.84 bits per heavy atom. The number of carbonyl (C=O) groups excluding carboxylic acids is 1. The lowest BCUT2D eigenvalue weighted by atomic mass is 10.2. The number of aromatic nitrogens is 5. The molecule has 172 valence electrons. The van der Waals surface area contributed by atoms with Gasteiger partial charge >= 0.3 is 5.69 Å². The van der Waals surface area contributed by atoms with Gasteiger partial charge in [-0.2, -0.15) is 0 Å². The van der Waals surface area contributed by atoms with E-state index in [1.54, 1.807) is 9.13 Å². The van der Waals surface area contributed by atoms with Crippen LogP contribution in [0.3, 0.4) is 0 Å². The van der Waals surface area contributed by atoms with E-state index in [2.05, 4.69) is 20.4 Å². The number of ether oxygens (including phenoxy) is 1. The average Bonchev–Trinajstić information content (AvgIpc) is 3.28. The van der Waals surface area contributed by atoms with Crippen molar-refractivity contribution in [2.24, 2.45) is 7.05 Å². The maximum Gasteiger partial charge on any atom is 0.329 e. The summed E-state index contributed by atoms with van der Waals surface area (Å²) in [6.07, 6.45) is 0. The minimum absolute atomic E-state index is 0.0285. The van der Waals surface area contributed by atoms with Crippen molar-refractivity contribution in [1.29, 1.82) is 0 Å². The van der Waals surface area contributed by atoms with Crippen molar-refractivity contribution in [2.75, 3.05) is 37.4 Å². The molecule has 3 aromatic rings. The molecule has 1 aliphatic heterocycles. The maximum absolute atomic E-state index is 12.6. The van der Waals surface area contributed by atoms with Crippen LogP contribution in [0.2, 0.25) is 0 Å². The number of hydrogen-bond donors (Lipinski definition) is 1. The first-order chi connectivity index (χ1) is 15.5. The average molecular weight is 460 g/mol. The van der Waals surface area contributed by atoms with Gasteiger partial charge in [-0.05, 0) is 32.0 Å². The van der Waals surface area contributed by atoms with Gasteiger partial charge in [0.15, 0.2) is 5.16 Å². The van der Waals surface area contributed by atoms with Crippen molar-refractivity contribution in [1.82, 2.24) is 28.8 Å². The Balaban J connectivity index is 1.39. The van der Waals surface area contributed by atoms with Gasteiger partial charge in [0.25, 0.3) is 0 Å². The fourth-order valence-electron chi connectivity index (χ4n) is 3.90. The molecule has 0 saturated carbocycles. The van der Waals surface area contributed by atoms with E-state index in [4.69, 9.17) is 4.74 Å². The van der Waals surface area contributed by atoms with Crippen LogP contribution >= 0.6 is 11.8 Å². The highest BCUT2D eigenvalue weighted by Gasteiger charge is 2.17. The van der Waals surface area contributed by atoms with Crippen LogP contribution in [0, 0.1) is 0 Å². The molecule has 32 heavy (non-hydrogen) atoms. The predicted octanol–water partition coefficient (Wildman–Crippen LogP) is 1.53. The van der Waals surface area contributed by atoms with Crippen molar-refractivity contribution >= 4 is 34.4 Å². The monoisotopic (exact) mass is 459 g/mol. The van der Waals surface area contributed by atoms with Gasteiger partial charge in [-0.25, -0.2) is 4.79 Å². The fourth-order valence-corrected chi connectivity index (χ4v) is 4.63. The largest absolute Gasteiger partial charge is 0.379 e. The van der Waals surface area contributed by atoms with Crippen LogP contribution in [0.4, 0.5) is 5.69 Å². The summed E-state index contributed by atoms with van der Waals surface area (Å²) in [7, 11) is 1.92. The SMILES string of the molecule is CCn1c(=O)n(CC)c2cc(NC(=O)CSc3nnc(CN4CCOCC4)n3C)ccc21. The molecule has 1 aliphatic rings. The molecule has 11 heteroatoms. The summed E-state index contributed by atoms with van der Waals surface area (Å²) in [5.41, 5.74) is 2.34. The van der Waals surface area contributed by atoms with Gasteiger partial charge in [-0.3, -0.25) is 18.8 Å². The number of anilines is 1. The zero-order valence-electron chi connectivity index (χ0n) is 18.7. The lowest BCUT2D eigenvalue weighted by molar-refractivity contribution is -0.113. The van der Waals surface area contributed by atoms with Crippen LogP contribution in [-0.4, -0.2) is 66.8 Å². The highest BCUT2D eigenvalue weighted by molar-refractivity contribution is 7.99. The molecular formula is C21H29N7O3S. The number of fused-ring (bicyclic) bond motifs is 1. The molecule has 1 amide bonds. The number of nitrogens with zero attached hydrogens (tertiary/aromatic N) is 6. The van der Waals surface area contributed by atoms with E-state index in [-0.39, 0.29) is 17.3 Å². The molecule has 1 aromatic carbocycles. The topological polar surface area (TPSA) is 99.2 Å². The van der Waals surface area contributed by atoms with Crippen molar-refractivity contribution in [2.45, 2.75) is 38.6 Å². The van der Waals surface area contributed by atoms with E-state index in [0.717, 1.165) is 49.7 Å². The number of rotatable bonds is 8. The minimum atomic E-state index is -0.132. The minimum Gasteiger partial charge on any atom is -0.379 e. The van der Waals surface area contributed by atoms with Crippen LogP contribution in [0.1, 0.15) is 19.7 Å². The molecule has 0 aliphatic carbocycles. The first kappa shape index (κ1) is 22.6. The van der Waals surface area contributed by atoms with E-state index in [9.17, 15) is 9.59 Å². The van der Waals surface area contributed by atoms with E-state index >= 15 is 0 Å². The maximum atomic E-state index is 12.6. The molecule has 0 spiro atoms. The first-order valence-electron chi connectivity index (χ1n) is 10.9. The van der Waals surface area contributed by atoms with Gasteiger partial charge in [-0.1, -0.05) is 11.8 Å². The number of hydrogen-bond acceptors (Lipinski definition) is 7. The third kappa shape index (κ3) is 4.59. The number of carbonyl (C=O) groups is 1. The van der Waals surface area contributed by atoms with Gasteiger partial charge in [0.1, 0.15) is 5.82 Å². The normalized spacial score (nSPS) is 14.8. The predicted molar refractivity (Wildman–Crippen MR) is 124 cm³/mol. The highest BCUT2D eigenvalue weighted by atomic mass is 32.2. The second-order valence-electron chi connectivity index (χ2n) is 7.66. The van der Waals surface area contributed by atoms with Crippen molar-refractivity contribution in [3.05, 3.63) is 34.5 Å². The molecule has 0 atom stereocenters. The Labute approximate surface area is 190 Å². The van der Waals surface area contributed by atoms with E-state index in [1.807, 2.05) is 43.7 Å². The Kier molecular flexibility index (Phi) is 6.97. The number of thioether (sulfide) groups is 1.